The van der Waals surface area contributed by atoms with Crippen LogP contribution in [0.4, 0.5) is 0 Å². The summed E-state index contributed by atoms with van der Waals surface area (Å²) in [5.41, 5.74) is 2.85. The molecule has 0 radical (unpaired) electrons. The minimum Gasteiger partial charge on any atom is -0.198 e. The molecule has 0 heterocycles. The summed E-state index contributed by atoms with van der Waals surface area (Å²) in [5.74, 6) is 1.46. The first-order valence-electron chi connectivity index (χ1n) is 10.3. The molecule has 0 aliphatic heterocycles. The second-order valence-corrected chi connectivity index (χ2v) is 7.72. The van der Waals surface area contributed by atoms with Gasteiger partial charge in [-0.05, 0) is 55.1 Å². The van der Waals surface area contributed by atoms with E-state index in [0.717, 1.165) is 12.3 Å². The summed E-state index contributed by atoms with van der Waals surface area (Å²) in [7, 11) is 0. The number of unbranched alkanes of at least 4 members (excludes halogenated alkanes) is 4. The molecule has 1 aromatic carbocycles. The highest BCUT2D eigenvalue weighted by atomic mass is 14.4. The number of benzene rings is 1. The van der Waals surface area contributed by atoms with E-state index < -0.39 is 0 Å². The smallest absolute Gasteiger partial charge is 0.0662 e. The second-order valence-electron chi connectivity index (χ2n) is 7.72. The van der Waals surface area contributed by atoms with Gasteiger partial charge >= 0.3 is 0 Å². The Labute approximate surface area is 149 Å². The lowest BCUT2D eigenvalue weighted by Crippen LogP contribution is -2.22. The summed E-state index contributed by atoms with van der Waals surface area (Å²) in [6.07, 6.45) is 14.0. The van der Waals surface area contributed by atoms with Gasteiger partial charge in [0, 0.05) is 0 Å². The minimum absolute atomic E-state index is 0.219. The van der Waals surface area contributed by atoms with Gasteiger partial charge in [-0.25, -0.2) is 0 Å². The van der Waals surface area contributed by atoms with Gasteiger partial charge < -0.3 is 0 Å². The monoisotopic (exact) mass is 325 g/mol. The van der Waals surface area contributed by atoms with Crippen LogP contribution >= 0.6 is 0 Å². The fourth-order valence-corrected chi connectivity index (χ4v) is 4.26. The summed E-state index contributed by atoms with van der Waals surface area (Å²) in [6.45, 7) is 4.52. The first kappa shape index (κ1) is 19.0. The van der Waals surface area contributed by atoms with Crippen LogP contribution in [0.25, 0.3) is 0 Å². The minimum atomic E-state index is 0.219. The predicted octanol–water partition coefficient (Wildman–Crippen LogP) is 7.02. The van der Waals surface area contributed by atoms with Crippen molar-refractivity contribution in [2.24, 2.45) is 11.8 Å². The quantitative estimate of drug-likeness (QED) is 0.447. The molecule has 1 aliphatic carbocycles. The third-order valence-corrected chi connectivity index (χ3v) is 5.82. The van der Waals surface area contributed by atoms with E-state index >= 15 is 0 Å². The number of hydrogen-bond acceptors (Lipinski definition) is 1. The van der Waals surface area contributed by atoms with Gasteiger partial charge in [0.15, 0.2) is 0 Å². The van der Waals surface area contributed by atoms with Crippen LogP contribution in [-0.2, 0) is 6.42 Å². The zero-order valence-electron chi connectivity index (χ0n) is 15.8. The van der Waals surface area contributed by atoms with Gasteiger partial charge in [-0.3, -0.25) is 0 Å². The molecule has 24 heavy (non-hydrogen) atoms. The molecule has 1 nitrogen and oxygen atoms in total. The van der Waals surface area contributed by atoms with Crippen molar-refractivity contribution in [3.05, 3.63) is 35.4 Å². The molecule has 1 heteroatoms. The number of rotatable bonds is 9. The number of hydrogen-bond donors (Lipinski definition) is 0. The second kappa shape index (κ2) is 10.5. The molecule has 2 rings (SSSR count). The van der Waals surface area contributed by atoms with Gasteiger partial charge in [-0.15, -0.1) is 0 Å². The lowest BCUT2D eigenvalue weighted by molar-refractivity contribution is 0.257. The van der Waals surface area contributed by atoms with E-state index in [0.29, 0.717) is 5.92 Å². The SMILES string of the molecule is CCCCCc1ccc(C2CCC(CCCCC)CC2C#N)cc1. The largest absolute Gasteiger partial charge is 0.198 e. The summed E-state index contributed by atoms with van der Waals surface area (Å²) >= 11 is 0. The normalized spacial score (nSPS) is 23.8. The van der Waals surface area contributed by atoms with Crippen LogP contribution in [0.3, 0.4) is 0 Å². The van der Waals surface area contributed by atoms with Crippen LogP contribution in [0.2, 0.25) is 0 Å². The zero-order chi connectivity index (χ0) is 17.2. The third-order valence-electron chi connectivity index (χ3n) is 5.82. The molecule has 0 aromatic heterocycles. The van der Waals surface area contributed by atoms with Crippen molar-refractivity contribution in [2.75, 3.05) is 0 Å². The van der Waals surface area contributed by atoms with Crippen molar-refractivity contribution >= 4 is 0 Å². The van der Waals surface area contributed by atoms with Crippen molar-refractivity contribution in [2.45, 2.75) is 90.4 Å². The highest BCUT2D eigenvalue weighted by Gasteiger charge is 2.31. The molecule has 3 atom stereocenters. The molecular weight excluding hydrogens is 290 g/mol. The van der Waals surface area contributed by atoms with E-state index in [1.165, 1.54) is 75.3 Å². The van der Waals surface area contributed by atoms with Gasteiger partial charge in [-0.2, -0.15) is 5.26 Å². The maximum absolute atomic E-state index is 9.66. The Balaban J connectivity index is 1.90. The highest BCUT2D eigenvalue weighted by molar-refractivity contribution is 5.27. The summed E-state index contributed by atoms with van der Waals surface area (Å²) < 4.78 is 0. The number of nitrogens with zero attached hydrogens (tertiary/aromatic N) is 1. The first-order valence-corrected chi connectivity index (χ1v) is 10.3. The van der Waals surface area contributed by atoms with E-state index in [4.69, 9.17) is 0 Å². The molecule has 1 aromatic rings. The van der Waals surface area contributed by atoms with Gasteiger partial charge in [-0.1, -0.05) is 76.6 Å². The van der Waals surface area contributed by atoms with Gasteiger partial charge in [0.2, 0.25) is 0 Å². The maximum Gasteiger partial charge on any atom is 0.0662 e. The van der Waals surface area contributed by atoms with Crippen molar-refractivity contribution in [1.29, 1.82) is 5.26 Å². The Bertz CT molecular complexity index is 496. The topological polar surface area (TPSA) is 23.8 Å². The van der Waals surface area contributed by atoms with E-state index in [1.807, 2.05) is 0 Å². The lowest BCUT2D eigenvalue weighted by atomic mass is 9.70. The molecule has 1 saturated carbocycles. The highest BCUT2D eigenvalue weighted by Crippen LogP contribution is 2.41. The average molecular weight is 326 g/mol. The molecule has 0 saturated heterocycles. The Hall–Kier alpha value is -1.29. The van der Waals surface area contributed by atoms with Crippen molar-refractivity contribution in [1.82, 2.24) is 0 Å². The lowest BCUT2D eigenvalue weighted by Gasteiger charge is -2.33. The fraction of sp³-hybridized carbons (Fsp3) is 0.696. The molecule has 132 valence electrons. The Morgan fingerprint density at radius 3 is 2.33 bits per heavy atom. The van der Waals surface area contributed by atoms with Crippen molar-refractivity contribution in [3.8, 4) is 6.07 Å². The summed E-state index contributed by atoms with van der Waals surface area (Å²) in [6, 6.07) is 11.8. The summed E-state index contributed by atoms with van der Waals surface area (Å²) in [5, 5.41) is 9.66. The third kappa shape index (κ3) is 5.66. The van der Waals surface area contributed by atoms with E-state index in [2.05, 4.69) is 44.2 Å². The first-order chi connectivity index (χ1) is 11.8. The van der Waals surface area contributed by atoms with Gasteiger partial charge in [0.1, 0.15) is 0 Å². The predicted molar refractivity (Wildman–Crippen MR) is 103 cm³/mol. The molecule has 1 aliphatic rings. The van der Waals surface area contributed by atoms with Crippen LogP contribution in [0.15, 0.2) is 24.3 Å². The van der Waals surface area contributed by atoms with Crippen LogP contribution in [0.1, 0.15) is 95.1 Å². The molecule has 0 bridgehead atoms. The van der Waals surface area contributed by atoms with Gasteiger partial charge in [0.05, 0.1) is 12.0 Å². The molecule has 1 fully saturated rings. The van der Waals surface area contributed by atoms with Gasteiger partial charge in [0.25, 0.3) is 0 Å². The van der Waals surface area contributed by atoms with Crippen LogP contribution in [0, 0.1) is 23.2 Å². The standard InChI is InChI=1S/C23H35N/c1-3-5-7-9-19-11-14-21(15-12-19)23-16-13-20(10-8-6-4-2)17-22(23)18-24/h11-12,14-15,20,22-23H,3-10,13,16-17H2,1-2H3. The molecular formula is C23H35N. The Morgan fingerprint density at radius 1 is 0.958 bits per heavy atom. The van der Waals surface area contributed by atoms with Crippen molar-refractivity contribution < 1.29 is 0 Å². The molecule has 0 spiro atoms. The van der Waals surface area contributed by atoms with E-state index in [9.17, 15) is 5.26 Å². The Morgan fingerprint density at radius 2 is 1.67 bits per heavy atom. The van der Waals surface area contributed by atoms with Crippen LogP contribution in [-0.4, -0.2) is 0 Å². The number of aryl methyl sites for hydroxylation is 1. The molecule has 0 amide bonds. The summed E-state index contributed by atoms with van der Waals surface area (Å²) in [4.78, 5) is 0. The van der Waals surface area contributed by atoms with E-state index in [-0.39, 0.29) is 5.92 Å². The van der Waals surface area contributed by atoms with Crippen LogP contribution in [0.5, 0.6) is 0 Å². The van der Waals surface area contributed by atoms with Crippen molar-refractivity contribution in [3.63, 3.8) is 0 Å². The van der Waals surface area contributed by atoms with E-state index in [1.54, 1.807) is 0 Å². The Kier molecular flexibility index (Phi) is 8.37. The molecule has 0 N–H and O–H groups in total. The zero-order valence-corrected chi connectivity index (χ0v) is 15.8. The number of nitriles is 1. The average Bonchev–Trinajstić information content (AvgIpc) is 2.63. The maximum atomic E-state index is 9.66. The fourth-order valence-electron chi connectivity index (χ4n) is 4.26. The molecule has 3 unspecified atom stereocenters. The van der Waals surface area contributed by atoms with Crippen LogP contribution < -0.4 is 0 Å².